The van der Waals surface area contributed by atoms with Crippen LogP contribution in [-0.2, 0) is 0 Å². The monoisotopic (exact) mass is 159 g/mol. The van der Waals surface area contributed by atoms with Crippen LogP contribution in [0.3, 0.4) is 0 Å². The molecule has 0 saturated heterocycles. The molecule has 0 aromatic heterocycles. The van der Waals surface area contributed by atoms with Gasteiger partial charge < -0.3 is 0 Å². The van der Waals surface area contributed by atoms with E-state index in [-0.39, 0.29) is 0 Å². The molecule has 1 saturated carbocycles. The Kier molecular flexibility index (Phi) is 3.57. The molecule has 1 aliphatic rings. The summed E-state index contributed by atoms with van der Waals surface area (Å²) >= 11 is 1.76. The van der Waals surface area contributed by atoms with Crippen molar-refractivity contribution in [2.24, 2.45) is 5.92 Å². The Bertz CT molecular complexity index is 87.3. The number of hydrogen-bond donors (Lipinski definition) is 1. The molecule has 0 aliphatic heterocycles. The predicted octanol–water partition coefficient (Wildman–Crippen LogP) is 2.43. The lowest BCUT2D eigenvalue weighted by molar-refractivity contribution is 0.337. The van der Waals surface area contributed by atoms with Crippen LogP contribution in [0.5, 0.6) is 0 Å². The van der Waals surface area contributed by atoms with Crippen LogP contribution < -0.4 is 4.72 Å². The first-order valence-electron chi connectivity index (χ1n) is 4.11. The summed E-state index contributed by atoms with van der Waals surface area (Å²) in [5.41, 5.74) is 0. The third-order valence-corrected chi connectivity index (χ3v) is 2.87. The van der Waals surface area contributed by atoms with Gasteiger partial charge in [-0.2, -0.15) is 0 Å². The Morgan fingerprint density at radius 2 is 1.80 bits per heavy atom. The fourth-order valence-corrected chi connectivity index (χ4v) is 2.11. The van der Waals surface area contributed by atoms with Crippen LogP contribution >= 0.6 is 11.9 Å². The van der Waals surface area contributed by atoms with Gasteiger partial charge in [-0.1, -0.05) is 18.9 Å². The lowest BCUT2D eigenvalue weighted by Gasteiger charge is -2.25. The van der Waals surface area contributed by atoms with Gasteiger partial charge in [0, 0.05) is 6.04 Å². The van der Waals surface area contributed by atoms with E-state index in [2.05, 4.69) is 17.9 Å². The van der Waals surface area contributed by atoms with Gasteiger partial charge in [0.05, 0.1) is 0 Å². The smallest absolute Gasteiger partial charge is 0.0172 e. The first kappa shape index (κ1) is 8.41. The Morgan fingerprint density at radius 3 is 2.30 bits per heavy atom. The van der Waals surface area contributed by atoms with Crippen LogP contribution in [0.25, 0.3) is 0 Å². The molecule has 0 aromatic rings. The van der Waals surface area contributed by atoms with E-state index < -0.39 is 0 Å². The molecule has 1 fully saturated rings. The number of rotatable bonds is 2. The molecule has 0 aromatic carbocycles. The minimum Gasteiger partial charge on any atom is -0.261 e. The Balaban J connectivity index is 2.13. The molecule has 0 heterocycles. The molecule has 0 radical (unpaired) electrons. The summed E-state index contributed by atoms with van der Waals surface area (Å²) in [5, 5.41) is 0. The molecule has 60 valence electrons. The maximum atomic E-state index is 3.42. The molecule has 1 aliphatic carbocycles. The molecular formula is C8H17NS. The maximum absolute atomic E-state index is 3.42. The molecule has 10 heavy (non-hydrogen) atoms. The second kappa shape index (κ2) is 4.24. The van der Waals surface area contributed by atoms with E-state index in [1.54, 1.807) is 11.9 Å². The lowest BCUT2D eigenvalue weighted by Crippen LogP contribution is -2.27. The molecule has 0 amide bonds. The van der Waals surface area contributed by atoms with Gasteiger partial charge in [-0.25, -0.2) is 0 Å². The summed E-state index contributed by atoms with van der Waals surface area (Å²) in [6.07, 6.45) is 7.69. The van der Waals surface area contributed by atoms with Gasteiger partial charge in [-0.05, 0) is 37.9 Å². The average molecular weight is 159 g/mol. The van der Waals surface area contributed by atoms with E-state index in [9.17, 15) is 0 Å². The zero-order valence-electron chi connectivity index (χ0n) is 6.89. The van der Waals surface area contributed by atoms with Gasteiger partial charge in [0.15, 0.2) is 0 Å². The van der Waals surface area contributed by atoms with E-state index in [0.717, 1.165) is 12.0 Å². The summed E-state index contributed by atoms with van der Waals surface area (Å²) in [4.78, 5) is 0. The minimum absolute atomic E-state index is 0.797. The quantitative estimate of drug-likeness (QED) is 0.621. The molecule has 0 bridgehead atoms. The Labute approximate surface area is 68.1 Å². The summed E-state index contributed by atoms with van der Waals surface area (Å²) < 4.78 is 3.42. The minimum atomic E-state index is 0.797. The van der Waals surface area contributed by atoms with E-state index in [1.807, 2.05) is 0 Å². The molecule has 0 unspecified atom stereocenters. The normalized spacial score (nSPS) is 34.2. The zero-order valence-corrected chi connectivity index (χ0v) is 7.71. The fourth-order valence-electron chi connectivity index (χ4n) is 1.54. The molecule has 1 N–H and O–H groups in total. The third kappa shape index (κ3) is 2.51. The first-order chi connectivity index (χ1) is 4.83. The van der Waals surface area contributed by atoms with Crippen LogP contribution in [0, 0.1) is 5.92 Å². The molecular weight excluding hydrogens is 142 g/mol. The summed E-state index contributed by atoms with van der Waals surface area (Å²) in [6.45, 7) is 2.36. The second-order valence-corrected chi connectivity index (χ2v) is 3.92. The van der Waals surface area contributed by atoms with Crippen molar-refractivity contribution in [2.45, 2.75) is 38.6 Å². The van der Waals surface area contributed by atoms with Crippen LogP contribution in [-0.4, -0.2) is 12.3 Å². The molecule has 0 atom stereocenters. The fraction of sp³-hybridized carbons (Fsp3) is 1.00. The highest BCUT2D eigenvalue weighted by Gasteiger charge is 2.16. The van der Waals surface area contributed by atoms with Crippen molar-refractivity contribution in [3.8, 4) is 0 Å². The topological polar surface area (TPSA) is 12.0 Å². The van der Waals surface area contributed by atoms with Crippen molar-refractivity contribution in [3.05, 3.63) is 0 Å². The van der Waals surface area contributed by atoms with Gasteiger partial charge in [0.25, 0.3) is 0 Å². The SMILES string of the molecule is CSNC1CCC(C)CC1. The molecule has 1 rings (SSSR count). The van der Waals surface area contributed by atoms with Gasteiger partial charge in [0.2, 0.25) is 0 Å². The standard InChI is InChI=1S/C8H17NS/c1-7-3-5-8(6-4-7)9-10-2/h7-9H,3-6H2,1-2H3. The molecule has 2 heteroatoms. The highest BCUT2D eigenvalue weighted by atomic mass is 32.2. The van der Waals surface area contributed by atoms with Crippen molar-refractivity contribution < 1.29 is 0 Å². The predicted molar refractivity (Wildman–Crippen MR) is 48.1 cm³/mol. The van der Waals surface area contributed by atoms with E-state index in [4.69, 9.17) is 0 Å². The molecule has 1 nitrogen and oxygen atoms in total. The number of hydrogen-bond acceptors (Lipinski definition) is 2. The van der Waals surface area contributed by atoms with Crippen molar-refractivity contribution in [3.63, 3.8) is 0 Å². The van der Waals surface area contributed by atoms with Crippen molar-refractivity contribution in [1.82, 2.24) is 4.72 Å². The summed E-state index contributed by atoms with van der Waals surface area (Å²) in [7, 11) is 0. The second-order valence-electron chi connectivity index (χ2n) is 3.28. The van der Waals surface area contributed by atoms with Crippen LogP contribution in [0.15, 0.2) is 0 Å². The van der Waals surface area contributed by atoms with Crippen LogP contribution in [0.1, 0.15) is 32.6 Å². The lowest BCUT2D eigenvalue weighted by atomic mass is 9.88. The summed E-state index contributed by atoms with van der Waals surface area (Å²) in [6, 6.07) is 0.797. The van der Waals surface area contributed by atoms with Crippen LogP contribution in [0.2, 0.25) is 0 Å². The Morgan fingerprint density at radius 1 is 1.20 bits per heavy atom. The summed E-state index contributed by atoms with van der Waals surface area (Å²) in [5.74, 6) is 0.972. The van der Waals surface area contributed by atoms with Gasteiger partial charge in [-0.15, -0.1) is 0 Å². The van der Waals surface area contributed by atoms with Crippen molar-refractivity contribution >= 4 is 11.9 Å². The number of nitrogens with one attached hydrogen (secondary N) is 1. The van der Waals surface area contributed by atoms with Crippen molar-refractivity contribution in [1.29, 1.82) is 0 Å². The zero-order chi connectivity index (χ0) is 7.40. The van der Waals surface area contributed by atoms with E-state index in [0.29, 0.717) is 0 Å². The maximum Gasteiger partial charge on any atom is 0.0172 e. The highest BCUT2D eigenvalue weighted by molar-refractivity contribution is 7.96. The van der Waals surface area contributed by atoms with Gasteiger partial charge in [-0.3, -0.25) is 4.72 Å². The van der Waals surface area contributed by atoms with E-state index in [1.165, 1.54) is 25.7 Å². The largest absolute Gasteiger partial charge is 0.261 e. The molecule has 0 spiro atoms. The average Bonchev–Trinajstić information content (AvgIpc) is 1.95. The van der Waals surface area contributed by atoms with Crippen LogP contribution in [0.4, 0.5) is 0 Å². The third-order valence-electron chi connectivity index (χ3n) is 2.30. The Hall–Kier alpha value is 0.310. The van der Waals surface area contributed by atoms with Gasteiger partial charge >= 0.3 is 0 Å². The van der Waals surface area contributed by atoms with Crippen molar-refractivity contribution in [2.75, 3.05) is 6.26 Å². The van der Waals surface area contributed by atoms with E-state index >= 15 is 0 Å². The highest BCUT2D eigenvalue weighted by Crippen LogP contribution is 2.23. The first-order valence-corrected chi connectivity index (χ1v) is 5.34. The van der Waals surface area contributed by atoms with Gasteiger partial charge in [0.1, 0.15) is 0 Å².